The molecule has 2 aromatic rings. The number of nitrogens with zero attached hydrogens (tertiary/aromatic N) is 2. The molecule has 0 aliphatic carbocycles. The van der Waals surface area contributed by atoms with E-state index in [0.29, 0.717) is 18.2 Å². The minimum Gasteiger partial charge on any atom is -0.492 e. The molecule has 5 heteroatoms. The van der Waals surface area contributed by atoms with Crippen LogP contribution in [-0.2, 0) is 6.54 Å². The SMILES string of the molecule is NC(COc1ccc(Cl)cc1)Cn1ccnc1. The monoisotopic (exact) mass is 251 g/mol. The summed E-state index contributed by atoms with van der Waals surface area (Å²) >= 11 is 5.78. The van der Waals surface area contributed by atoms with E-state index in [0.717, 1.165) is 5.75 Å². The standard InChI is InChI=1S/C12H14ClN3O/c13-10-1-3-12(4-2-10)17-8-11(14)7-16-6-5-15-9-16/h1-6,9,11H,7-8,14H2. The molecule has 2 N–H and O–H groups in total. The minimum atomic E-state index is -0.0696. The molecule has 2 rings (SSSR count). The first kappa shape index (κ1) is 12.0. The van der Waals surface area contributed by atoms with Crippen molar-refractivity contribution in [3.05, 3.63) is 48.0 Å². The number of rotatable bonds is 5. The van der Waals surface area contributed by atoms with Crippen molar-refractivity contribution in [1.29, 1.82) is 0 Å². The molecule has 1 unspecified atom stereocenters. The zero-order chi connectivity index (χ0) is 12.1. The predicted octanol–water partition coefficient (Wildman–Crippen LogP) is 1.94. The summed E-state index contributed by atoms with van der Waals surface area (Å²) in [5.41, 5.74) is 5.94. The maximum absolute atomic E-state index is 5.94. The van der Waals surface area contributed by atoms with Gasteiger partial charge in [-0.3, -0.25) is 0 Å². The van der Waals surface area contributed by atoms with Crippen molar-refractivity contribution in [3.63, 3.8) is 0 Å². The normalized spacial score (nSPS) is 12.4. The van der Waals surface area contributed by atoms with Gasteiger partial charge < -0.3 is 15.0 Å². The number of hydrogen-bond acceptors (Lipinski definition) is 3. The number of hydrogen-bond donors (Lipinski definition) is 1. The Labute approximate surface area is 105 Å². The van der Waals surface area contributed by atoms with Crippen LogP contribution in [0.5, 0.6) is 5.75 Å². The molecular weight excluding hydrogens is 238 g/mol. The van der Waals surface area contributed by atoms with Gasteiger partial charge >= 0.3 is 0 Å². The van der Waals surface area contributed by atoms with Crippen molar-refractivity contribution in [1.82, 2.24) is 9.55 Å². The number of imidazole rings is 1. The van der Waals surface area contributed by atoms with E-state index in [2.05, 4.69) is 4.98 Å². The Kier molecular flexibility index (Phi) is 4.01. The van der Waals surface area contributed by atoms with Crippen LogP contribution in [0.1, 0.15) is 0 Å². The number of benzene rings is 1. The first-order valence-electron chi connectivity index (χ1n) is 5.34. The van der Waals surface area contributed by atoms with Gasteiger partial charge in [0.2, 0.25) is 0 Å². The van der Waals surface area contributed by atoms with E-state index in [-0.39, 0.29) is 6.04 Å². The molecule has 0 aliphatic rings. The fraction of sp³-hybridized carbons (Fsp3) is 0.250. The van der Waals surface area contributed by atoms with Gasteiger partial charge in [0.1, 0.15) is 12.4 Å². The molecule has 0 amide bonds. The van der Waals surface area contributed by atoms with E-state index in [1.807, 2.05) is 22.9 Å². The van der Waals surface area contributed by atoms with E-state index >= 15 is 0 Å². The average Bonchev–Trinajstić information content (AvgIpc) is 2.81. The molecule has 1 aromatic heterocycles. The Hall–Kier alpha value is -1.52. The third kappa shape index (κ3) is 3.76. The predicted molar refractivity (Wildman–Crippen MR) is 67.1 cm³/mol. The summed E-state index contributed by atoms with van der Waals surface area (Å²) in [4.78, 5) is 3.96. The minimum absolute atomic E-state index is 0.0696. The summed E-state index contributed by atoms with van der Waals surface area (Å²) in [6.45, 7) is 1.15. The molecule has 0 bridgehead atoms. The van der Waals surface area contributed by atoms with Crippen LogP contribution >= 0.6 is 11.6 Å². The Morgan fingerprint density at radius 3 is 2.76 bits per heavy atom. The van der Waals surface area contributed by atoms with Gasteiger partial charge in [0.25, 0.3) is 0 Å². The van der Waals surface area contributed by atoms with E-state index in [1.54, 1.807) is 24.7 Å². The molecule has 0 fully saturated rings. The highest BCUT2D eigenvalue weighted by Crippen LogP contribution is 2.15. The van der Waals surface area contributed by atoms with Gasteiger partial charge in [-0.05, 0) is 24.3 Å². The first-order valence-corrected chi connectivity index (χ1v) is 5.71. The topological polar surface area (TPSA) is 53.1 Å². The summed E-state index contributed by atoms with van der Waals surface area (Å²) < 4.78 is 7.48. The molecular formula is C12H14ClN3O. The second-order valence-electron chi connectivity index (χ2n) is 3.78. The lowest BCUT2D eigenvalue weighted by atomic mass is 10.3. The van der Waals surface area contributed by atoms with Crippen molar-refractivity contribution in [2.45, 2.75) is 12.6 Å². The van der Waals surface area contributed by atoms with Crippen molar-refractivity contribution >= 4 is 11.6 Å². The molecule has 4 nitrogen and oxygen atoms in total. The van der Waals surface area contributed by atoms with E-state index < -0.39 is 0 Å². The van der Waals surface area contributed by atoms with Gasteiger partial charge in [0, 0.05) is 24.0 Å². The molecule has 0 spiro atoms. The van der Waals surface area contributed by atoms with Crippen molar-refractivity contribution < 1.29 is 4.74 Å². The van der Waals surface area contributed by atoms with Crippen LogP contribution in [0.3, 0.4) is 0 Å². The summed E-state index contributed by atoms with van der Waals surface area (Å²) in [5, 5.41) is 0.695. The second-order valence-corrected chi connectivity index (χ2v) is 4.22. The van der Waals surface area contributed by atoms with Crippen LogP contribution in [0, 0.1) is 0 Å². The number of nitrogens with two attached hydrogens (primary N) is 1. The highest BCUT2D eigenvalue weighted by Gasteiger charge is 2.04. The van der Waals surface area contributed by atoms with E-state index in [4.69, 9.17) is 22.1 Å². The summed E-state index contributed by atoms with van der Waals surface area (Å²) in [7, 11) is 0. The third-order valence-corrected chi connectivity index (χ3v) is 2.53. The molecule has 0 aliphatic heterocycles. The fourth-order valence-corrected chi connectivity index (χ4v) is 1.58. The van der Waals surface area contributed by atoms with Crippen LogP contribution in [0.2, 0.25) is 5.02 Å². The van der Waals surface area contributed by atoms with Gasteiger partial charge in [-0.2, -0.15) is 0 Å². The summed E-state index contributed by atoms with van der Waals surface area (Å²) in [6, 6.07) is 7.16. The Balaban J connectivity index is 1.79. The quantitative estimate of drug-likeness (QED) is 0.884. The molecule has 0 radical (unpaired) electrons. The highest BCUT2D eigenvalue weighted by molar-refractivity contribution is 6.30. The molecule has 0 saturated heterocycles. The van der Waals surface area contributed by atoms with Crippen LogP contribution in [-0.4, -0.2) is 22.2 Å². The Bertz CT molecular complexity index is 441. The van der Waals surface area contributed by atoms with Crippen LogP contribution in [0.25, 0.3) is 0 Å². The Morgan fingerprint density at radius 2 is 2.12 bits per heavy atom. The summed E-state index contributed by atoms with van der Waals surface area (Å²) in [5.74, 6) is 0.774. The van der Waals surface area contributed by atoms with Crippen LogP contribution in [0.4, 0.5) is 0 Å². The van der Waals surface area contributed by atoms with Gasteiger partial charge in [0.05, 0.1) is 12.4 Å². The smallest absolute Gasteiger partial charge is 0.119 e. The highest BCUT2D eigenvalue weighted by atomic mass is 35.5. The molecule has 90 valence electrons. The largest absolute Gasteiger partial charge is 0.492 e. The Morgan fingerprint density at radius 1 is 1.35 bits per heavy atom. The molecule has 1 aromatic carbocycles. The van der Waals surface area contributed by atoms with Gasteiger partial charge in [0.15, 0.2) is 0 Å². The van der Waals surface area contributed by atoms with Gasteiger partial charge in [-0.15, -0.1) is 0 Å². The lowest BCUT2D eigenvalue weighted by Gasteiger charge is -2.13. The third-order valence-electron chi connectivity index (χ3n) is 2.28. The maximum atomic E-state index is 5.94. The number of ether oxygens (including phenoxy) is 1. The van der Waals surface area contributed by atoms with Crippen LogP contribution in [0.15, 0.2) is 43.0 Å². The lowest BCUT2D eigenvalue weighted by Crippen LogP contribution is -2.32. The first-order chi connectivity index (χ1) is 8.24. The zero-order valence-corrected chi connectivity index (χ0v) is 10.0. The molecule has 1 atom stereocenters. The van der Waals surface area contributed by atoms with Crippen molar-refractivity contribution in [3.8, 4) is 5.75 Å². The van der Waals surface area contributed by atoms with Gasteiger partial charge in [-0.25, -0.2) is 4.98 Å². The molecule has 1 heterocycles. The number of aromatic nitrogens is 2. The molecule has 0 saturated carbocycles. The molecule has 17 heavy (non-hydrogen) atoms. The van der Waals surface area contributed by atoms with Crippen molar-refractivity contribution in [2.24, 2.45) is 5.73 Å². The maximum Gasteiger partial charge on any atom is 0.119 e. The van der Waals surface area contributed by atoms with Crippen LogP contribution < -0.4 is 10.5 Å². The summed E-state index contributed by atoms with van der Waals surface area (Å²) in [6.07, 6.45) is 5.34. The fourth-order valence-electron chi connectivity index (χ4n) is 1.45. The lowest BCUT2D eigenvalue weighted by molar-refractivity contribution is 0.275. The van der Waals surface area contributed by atoms with E-state index in [1.165, 1.54) is 0 Å². The average molecular weight is 252 g/mol. The van der Waals surface area contributed by atoms with Crippen molar-refractivity contribution in [2.75, 3.05) is 6.61 Å². The second kappa shape index (κ2) is 5.70. The van der Waals surface area contributed by atoms with E-state index in [9.17, 15) is 0 Å². The van der Waals surface area contributed by atoms with Gasteiger partial charge in [-0.1, -0.05) is 11.6 Å². The number of halogens is 1. The zero-order valence-electron chi connectivity index (χ0n) is 9.29.